The van der Waals surface area contributed by atoms with Crippen LogP contribution in [0.1, 0.15) is 43.6 Å². The average molecular weight is 328 g/mol. The van der Waals surface area contributed by atoms with Crippen LogP contribution in [0.2, 0.25) is 0 Å². The molecule has 128 valence electrons. The molecule has 0 saturated carbocycles. The highest BCUT2D eigenvalue weighted by Gasteiger charge is 2.40. The molecule has 1 unspecified atom stereocenters. The summed E-state index contributed by atoms with van der Waals surface area (Å²) in [5.74, 6) is -0.888. The van der Waals surface area contributed by atoms with Crippen molar-refractivity contribution < 1.29 is 14.7 Å². The summed E-state index contributed by atoms with van der Waals surface area (Å²) in [4.78, 5) is 26.3. The van der Waals surface area contributed by atoms with Gasteiger partial charge in [0, 0.05) is 30.5 Å². The number of carbonyl (C=O) groups excluding carboxylic acids is 1. The first-order chi connectivity index (χ1) is 11.5. The van der Waals surface area contributed by atoms with E-state index in [2.05, 4.69) is 11.5 Å². The highest BCUT2D eigenvalue weighted by molar-refractivity contribution is 5.99. The lowest BCUT2D eigenvalue weighted by Gasteiger charge is -2.37. The Hall–Kier alpha value is -2.30. The molecule has 2 heterocycles. The smallest absolute Gasteiger partial charge is 0.311 e. The number of carboxylic acids is 1. The lowest BCUT2D eigenvalue weighted by Crippen LogP contribution is -2.48. The van der Waals surface area contributed by atoms with E-state index in [1.165, 1.54) is 0 Å². The number of likely N-dealkylation sites (tertiary alicyclic amines) is 1. The zero-order chi connectivity index (χ0) is 17.3. The van der Waals surface area contributed by atoms with Crippen molar-refractivity contribution >= 4 is 22.8 Å². The summed E-state index contributed by atoms with van der Waals surface area (Å²) in [5.41, 5.74) is 0.864. The Balaban J connectivity index is 1.96. The third-order valence-corrected chi connectivity index (χ3v) is 4.98. The van der Waals surface area contributed by atoms with E-state index in [0.717, 1.165) is 30.3 Å². The van der Waals surface area contributed by atoms with Crippen molar-refractivity contribution in [2.75, 3.05) is 13.1 Å². The number of aryl methyl sites for hydroxylation is 1. The van der Waals surface area contributed by atoms with Crippen LogP contribution in [-0.2, 0) is 11.3 Å². The molecule has 0 radical (unpaired) electrons. The van der Waals surface area contributed by atoms with E-state index in [1.807, 2.05) is 30.3 Å². The van der Waals surface area contributed by atoms with Gasteiger partial charge >= 0.3 is 5.97 Å². The Kier molecular flexibility index (Phi) is 4.35. The number of hydrogen-bond donors (Lipinski definition) is 1. The largest absolute Gasteiger partial charge is 0.481 e. The number of benzene rings is 1. The average Bonchev–Trinajstić information content (AvgIpc) is 2.93. The number of fused-ring (bicyclic) bond motifs is 1. The summed E-state index contributed by atoms with van der Waals surface area (Å²) in [6.45, 7) is 5.49. The minimum absolute atomic E-state index is 0.0631. The number of rotatable bonds is 4. The number of carbonyl (C=O) groups is 2. The van der Waals surface area contributed by atoms with E-state index in [9.17, 15) is 14.7 Å². The van der Waals surface area contributed by atoms with Crippen LogP contribution in [0.15, 0.2) is 30.3 Å². The molecule has 24 heavy (non-hydrogen) atoms. The zero-order valence-electron chi connectivity index (χ0n) is 14.3. The molecule has 1 aliphatic rings. The third kappa shape index (κ3) is 2.79. The number of nitrogens with zero attached hydrogens (tertiary/aromatic N) is 2. The molecule has 1 aromatic carbocycles. The predicted octanol–water partition coefficient (Wildman–Crippen LogP) is 3.38. The van der Waals surface area contributed by atoms with Gasteiger partial charge in [-0.3, -0.25) is 9.59 Å². The molecule has 1 aliphatic heterocycles. The molecule has 5 nitrogen and oxygen atoms in total. The normalized spacial score (nSPS) is 21.2. The second kappa shape index (κ2) is 6.30. The number of carboxylic acid groups (broad SMARTS) is 1. The highest BCUT2D eigenvalue weighted by atomic mass is 16.4. The van der Waals surface area contributed by atoms with Crippen LogP contribution in [-0.4, -0.2) is 39.5 Å². The van der Waals surface area contributed by atoms with Gasteiger partial charge in [-0.15, -0.1) is 0 Å². The van der Waals surface area contributed by atoms with Gasteiger partial charge in [-0.25, -0.2) is 0 Å². The molecule has 0 spiro atoms. The molecule has 1 atom stereocenters. The Morgan fingerprint density at radius 2 is 2.04 bits per heavy atom. The fourth-order valence-corrected chi connectivity index (χ4v) is 3.60. The number of para-hydroxylation sites is 1. The summed E-state index contributed by atoms with van der Waals surface area (Å²) in [6, 6.07) is 9.91. The molecule has 5 heteroatoms. The second-order valence-electron chi connectivity index (χ2n) is 6.94. The molecule has 1 amide bonds. The van der Waals surface area contributed by atoms with Gasteiger partial charge in [0.05, 0.1) is 5.41 Å². The van der Waals surface area contributed by atoms with Crippen molar-refractivity contribution in [1.82, 2.24) is 9.47 Å². The maximum Gasteiger partial charge on any atom is 0.311 e. The van der Waals surface area contributed by atoms with Crippen molar-refractivity contribution in [2.45, 2.75) is 39.7 Å². The van der Waals surface area contributed by atoms with E-state index in [1.54, 1.807) is 11.8 Å². The number of hydrogen-bond acceptors (Lipinski definition) is 2. The fourth-order valence-electron chi connectivity index (χ4n) is 3.60. The van der Waals surface area contributed by atoms with E-state index in [4.69, 9.17) is 0 Å². The lowest BCUT2D eigenvalue weighted by atomic mass is 9.82. The molecule has 3 rings (SSSR count). The van der Waals surface area contributed by atoms with Crippen molar-refractivity contribution in [3.63, 3.8) is 0 Å². The molecule has 1 N–H and O–H groups in total. The van der Waals surface area contributed by atoms with Crippen LogP contribution in [0.4, 0.5) is 0 Å². The van der Waals surface area contributed by atoms with Crippen molar-refractivity contribution in [2.24, 2.45) is 5.41 Å². The van der Waals surface area contributed by atoms with Crippen LogP contribution >= 0.6 is 0 Å². The molecule has 0 aliphatic carbocycles. The van der Waals surface area contributed by atoms with Crippen LogP contribution in [0, 0.1) is 5.41 Å². The van der Waals surface area contributed by atoms with Crippen molar-refractivity contribution in [1.29, 1.82) is 0 Å². The summed E-state index contributed by atoms with van der Waals surface area (Å²) >= 11 is 0. The molecule has 0 bridgehead atoms. The van der Waals surface area contributed by atoms with Gasteiger partial charge in [-0.2, -0.15) is 0 Å². The van der Waals surface area contributed by atoms with Crippen molar-refractivity contribution in [3.8, 4) is 0 Å². The summed E-state index contributed by atoms with van der Waals surface area (Å²) in [5, 5.41) is 10.5. The van der Waals surface area contributed by atoms with E-state index < -0.39 is 11.4 Å². The quantitative estimate of drug-likeness (QED) is 0.936. The minimum atomic E-state index is -0.852. The molecule has 1 fully saturated rings. The molecule has 1 aromatic heterocycles. The summed E-state index contributed by atoms with van der Waals surface area (Å²) < 4.78 is 2.06. The van der Waals surface area contributed by atoms with Gasteiger partial charge in [0.15, 0.2) is 0 Å². The van der Waals surface area contributed by atoms with Gasteiger partial charge in [0.25, 0.3) is 5.91 Å². The topological polar surface area (TPSA) is 62.5 Å². The Bertz CT molecular complexity index is 780. The van der Waals surface area contributed by atoms with Crippen LogP contribution < -0.4 is 0 Å². The first kappa shape index (κ1) is 16.6. The van der Waals surface area contributed by atoms with Crippen LogP contribution in [0.5, 0.6) is 0 Å². The first-order valence-electron chi connectivity index (χ1n) is 8.57. The fraction of sp³-hybridized carbons (Fsp3) is 0.474. The maximum atomic E-state index is 13.1. The standard InChI is InChI=1S/C19H24N2O3/c1-3-10-21-15-8-5-4-7-14(15)12-16(21)17(22)20-11-6-9-19(2,13-20)18(23)24/h4-5,7-8,12H,3,6,9-11,13H2,1-2H3,(H,23,24). The maximum absolute atomic E-state index is 13.1. The summed E-state index contributed by atoms with van der Waals surface area (Å²) in [7, 11) is 0. The molecule has 1 saturated heterocycles. The SMILES string of the molecule is CCCn1c(C(=O)N2CCCC(C)(C(=O)O)C2)cc2ccccc21. The third-order valence-electron chi connectivity index (χ3n) is 4.98. The van der Waals surface area contributed by atoms with Crippen LogP contribution in [0.3, 0.4) is 0 Å². The van der Waals surface area contributed by atoms with Crippen molar-refractivity contribution in [3.05, 3.63) is 36.0 Å². The van der Waals surface area contributed by atoms with Gasteiger partial charge in [0.2, 0.25) is 0 Å². The molecular weight excluding hydrogens is 304 g/mol. The number of aromatic nitrogens is 1. The molecular formula is C19H24N2O3. The highest BCUT2D eigenvalue weighted by Crippen LogP contribution is 2.31. The first-order valence-corrected chi connectivity index (χ1v) is 8.57. The number of amides is 1. The van der Waals surface area contributed by atoms with Gasteiger partial charge in [0.1, 0.15) is 5.69 Å². The number of piperidine rings is 1. The van der Waals surface area contributed by atoms with Gasteiger partial charge in [-0.1, -0.05) is 25.1 Å². The van der Waals surface area contributed by atoms with E-state index in [-0.39, 0.29) is 12.5 Å². The zero-order valence-corrected chi connectivity index (χ0v) is 14.3. The summed E-state index contributed by atoms with van der Waals surface area (Å²) in [6.07, 6.45) is 2.28. The predicted molar refractivity (Wildman–Crippen MR) is 93.1 cm³/mol. The Morgan fingerprint density at radius 1 is 1.29 bits per heavy atom. The second-order valence-corrected chi connectivity index (χ2v) is 6.94. The van der Waals surface area contributed by atoms with Crippen LogP contribution in [0.25, 0.3) is 10.9 Å². The van der Waals surface area contributed by atoms with E-state index in [0.29, 0.717) is 18.7 Å². The lowest BCUT2D eigenvalue weighted by molar-refractivity contribution is -0.150. The Labute approximate surface area is 141 Å². The molecule has 2 aromatic rings. The van der Waals surface area contributed by atoms with E-state index >= 15 is 0 Å². The van der Waals surface area contributed by atoms with Gasteiger partial charge < -0.3 is 14.6 Å². The monoisotopic (exact) mass is 328 g/mol. The minimum Gasteiger partial charge on any atom is -0.481 e. The van der Waals surface area contributed by atoms with Gasteiger partial charge in [-0.05, 0) is 38.3 Å². The number of aliphatic carboxylic acids is 1. The Morgan fingerprint density at radius 3 is 2.75 bits per heavy atom.